The highest BCUT2D eigenvalue weighted by Gasteiger charge is 2.29. The van der Waals surface area contributed by atoms with E-state index in [1.807, 2.05) is 18.2 Å². The van der Waals surface area contributed by atoms with Gasteiger partial charge >= 0.3 is 6.03 Å². The molecule has 0 radical (unpaired) electrons. The van der Waals surface area contributed by atoms with Crippen molar-refractivity contribution in [3.8, 4) is 0 Å². The van der Waals surface area contributed by atoms with Crippen LogP contribution in [0.3, 0.4) is 0 Å². The van der Waals surface area contributed by atoms with E-state index in [1.165, 1.54) is 5.56 Å². The molecule has 0 spiro atoms. The molecule has 1 unspecified atom stereocenters. The number of carbonyl (C=O) groups is 1. The van der Waals surface area contributed by atoms with E-state index in [4.69, 9.17) is 4.74 Å². The molecule has 4 nitrogen and oxygen atoms in total. The number of benzene rings is 1. The smallest absolute Gasteiger partial charge is 0.315 e. The fraction of sp³-hybridized carbons (Fsp3) is 0.500. The van der Waals surface area contributed by atoms with Gasteiger partial charge in [0.25, 0.3) is 0 Å². The Balaban J connectivity index is 1.48. The topological polar surface area (TPSA) is 50.4 Å². The van der Waals surface area contributed by atoms with Crippen molar-refractivity contribution in [2.75, 3.05) is 13.2 Å². The molecular formula is C18H24N2O2. The van der Waals surface area contributed by atoms with E-state index in [0.29, 0.717) is 12.5 Å². The third kappa shape index (κ3) is 3.89. The Hall–Kier alpha value is -1.81. The molecule has 2 amide bonds. The van der Waals surface area contributed by atoms with Crippen molar-refractivity contribution < 1.29 is 9.53 Å². The van der Waals surface area contributed by atoms with Gasteiger partial charge in [0.2, 0.25) is 0 Å². The second-order valence-electron chi connectivity index (χ2n) is 6.09. The number of hydrogen-bond donors (Lipinski definition) is 2. The molecule has 0 bridgehead atoms. The van der Waals surface area contributed by atoms with Crippen LogP contribution in [-0.2, 0) is 4.74 Å². The summed E-state index contributed by atoms with van der Waals surface area (Å²) in [6.07, 6.45) is 8.43. The maximum absolute atomic E-state index is 12.0. The molecule has 2 N–H and O–H groups in total. The summed E-state index contributed by atoms with van der Waals surface area (Å²) in [5.41, 5.74) is 1.20. The molecule has 1 aliphatic carbocycles. The zero-order valence-corrected chi connectivity index (χ0v) is 12.8. The molecule has 1 aliphatic heterocycles. The van der Waals surface area contributed by atoms with Crippen molar-refractivity contribution in [3.05, 3.63) is 48.0 Å². The quantitative estimate of drug-likeness (QED) is 0.839. The Bertz CT molecular complexity index is 515. The second kappa shape index (κ2) is 7.45. The van der Waals surface area contributed by atoms with E-state index in [2.05, 4.69) is 34.9 Å². The number of urea groups is 1. The Morgan fingerprint density at radius 1 is 1.18 bits per heavy atom. The van der Waals surface area contributed by atoms with Crippen LogP contribution in [0, 0.1) is 5.92 Å². The maximum Gasteiger partial charge on any atom is 0.315 e. The minimum Gasteiger partial charge on any atom is -0.373 e. The highest BCUT2D eigenvalue weighted by atomic mass is 16.5. The summed E-state index contributed by atoms with van der Waals surface area (Å²) in [7, 11) is 0. The molecule has 3 atom stereocenters. The van der Waals surface area contributed by atoms with Gasteiger partial charge in [-0.3, -0.25) is 0 Å². The highest BCUT2D eigenvalue weighted by Crippen LogP contribution is 2.33. The van der Waals surface area contributed by atoms with E-state index < -0.39 is 0 Å². The van der Waals surface area contributed by atoms with Crippen LogP contribution in [0.25, 0.3) is 0 Å². The van der Waals surface area contributed by atoms with Crippen LogP contribution in [0.15, 0.2) is 42.5 Å². The van der Waals surface area contributed by atoms with E-state index in [9.17, 15) is 4.79 Å². The summed E-state index contributed by atoms with van der Waals surface area (Å²) < 4.78 is 5.85. The van der Waals surface area contributed by atoms with Gasteiger partial charge in [-0.1, -0.05) is 42.5 Å². The predicted molar refractivity (Wildman–Crippen MR) is 86.6 cm³/mol. The van der Waals surface area contributed by atoms with Gasteiger partial charge in [0, 0.05) is 25.1 Å². The summed E-state index contributed by atoms with van der Waals surface area (Å²) in [5, 5.41) is 6.07. The molecular weight excluding hydrogens is 276 g/mol. The van der Waals surface area contributed by atoms with Crippen LogP contribution in [-0.4, -0.2) is 25.2 Å². The summed E-state index contributed by atoms with van der Waals surface area (Å²) in [4.78, 5) is 12.0. The second-order valence-corrected chi connectivity index (χ2v) is 6.09. The van der Waals surface area contributed by atoms with Crippen molar-refractivity contribution in [2.45, 2.75) is 37.8 Å². The largest absolute Gasteiger partial charge is 0.373 e. The van der Waals surface area contributed by atoms with Crippen molar-refractivity contribution in [1.82, 2.24) is 10.6 Å². The highest BCUT2D eigenvalue weighted by molar-refractivity contribution is 5.74. The van der Waals surface area contributed by atoms with Crippen LogP contribution >= 0.6 is 0 Å². The first kappa shape index (κ1) is 15.1. The van der Waals surface area contributed by atoms with Crippen LogP contribution in [0.4, 0.5) is 4.79 Å². The molecule has 1 aromatic rings. The third-order valence-electron chi connectivity index (χ3n) is 4.47. The minimum atomic E-state index is -0.0565. The Labute approximate surface area is 131 Å². The lowest BCUT2D eigenvalue weighted by atomic mass is 9.95. The van der Waals surface area contributed by atoms with Crippen molar-refractivity contribution in [2.24, 2.45) is 5.92 Å². The number of allylic oxidation sites excluding steroid dienone is 1. The van der Waals surface area contributed by atoms with Crippen LogP contribution in [0.1, 0.15) is 37.4 Å². The summed E-state index contributed by atoms with van der Waals surface area (Å²) >= 11 is 0. The van der Waals surface area contributed by atoms with Crippen molar-refractivity contribution >= 4 is 6.03 Å². The molecule has 1 saturated heterocycles. The maximum atomic E-state index is 12.0. The molecule has 22 heavy (non-hydrogen) atoms. The van der Waals surface area contributed by atoms with Gasteiger partial charge in [-0.15, -0.1) is 0 Å². The first-order valence-electron chi connectivity index (χ1n) is 8.19. The van der Waals surface area contributed by atoms with Gasteiger partial charge in [0.1, 0.15) is 0 Å². The number of carbonyl (C=O) groups excluding carboxylic acids is 1. The Morgan fingerprint density at radius 2 is 2.05 bits per heavy atom. The zero-order valence-electron chi connectivity index (χ0n) is 12.8. The first-order valence-corrected chi connectivity index (χ1v) is 8.19. The van der Waals surface area contributed by atoms with E-state index >= 15 is 0 Å². The molecule has 3 rings (SSSR count). The lowest BCUT2D eigenvalue weighted by molar-refractivity contribution is 0.0909. The van der Waals surface area contributed by atoms with Crippen molar-refractivity contribution in [3.63, 3.8) is 0 Å². The van der Waals surface area contributed by atoms with Gasteiger partial charge in [-0.25, -0.2) is 4.79 Å². The van der Waals surface area contributed by atoms with Gasteiger partial charge < -0.3 is 15.4 Å². The normalized spacial score (nSPS) is 27.5. The number of nitrogens with one attached hydrogen (secondary N) is 2. The predicted octanol–water partition coefficient (Wildman–Crippen LogP) is 3.17. The van der Waals surface area contributed by atoms with E-state index in [1.54, 1.807) is 0 Å². The summed E-state index contributed by atoms with van der Waals surface area (Å²) in [5.74, 6) is 0.347. The van der Waals surface area contributed by atoms with Crippen LogP contribution in [0.2, 0.25) is 0 Å². The fourth-order valence-electron chi connectivity index (χ4n) is 3.24. The van der Waals surface area contributed by atoms with Crippen molar-refractivity contribution in [1.29, 1.82) is 0 Å². The first-order chi connectivity index (χ1) is 10.8. The monoisotopic (exact) mass is 300 g/mol. The molecule has 1 fully saturated rings. The summed E-state index contributed by atoms with van der Waals surface area (Å²) in [6.45, 7) is 1.43. The molecule has 1 aromatic carbocycles. The molecule has 4 heteroatoms. The number of hydrogen-bond acceptors (Lipinski definition) is 2. The Kier molecular flexibility index (Phi) is 5.11. The standard InChI is InChI=1S/C18H24N2O2/c21-18(20-16-9-5-2-6-10-16)19-13-15-11-12-22-17(15)14-7-3-1-4-8-14/h1-5,7-8,15-17H,6,9-13H2,(H2,19,20,21)/t15-,16?,17-/m1/s1. The number of rotatable bonds is 4. The van der Waals surface area contributed by atoms with Gasteiger partial charge in [0.05, 0.1) is 6.10 Å². The molecule has 118 valence electrons. The van der Waals surface area contributed by atoms with Gasteiger partial charge in [0.15, 0.2) is 0 Å². The zero-order chi connectivity index (χ0) is 15.2. The number of ether oxygens (including phenoxy) is 1. The summed E-state index contributed by atoms with van der Waals surface area (Å²) in [6, 6.07) is 10.5. The van der Waals surface area contributed by atoms with E-state index in [-0.39, 0.29) is 18.2 Å². The average molecular weight is 300 g/mol. The molecule has 0 aromatic heterocycles. The van der Waals surface area contributed by atoms with Gasteiger partial charge in [-0.2, -0.15) is 0 Å². The van der Waals surface area contributed by atoms with Crippen LogP contribution < -0.4 is 10.6 Å². The van der Waals surface area contributed by atoms with Gasteiger partial charge in [-0.05, 0) is 31.2 Å². The lowest BCUT2D eigenvalue weighted by Gasteiger charge is -2.22. The molecule has 1 heterocycles. The SMILES string of the molecule is O=C(NC[C@H]1CCO[C@@H]1c1ccccc1)NC1CC=CCC1. The fourth-order valence-corrected chi connectivity index (χ4v) is 3.24. The third-order valence-corrected chi connectivity index (χ3v) is 4.47. The average Bonchev–Trinajstić information content (AvgIpc) is 3.03. The molecule has 0 saturated carbocycles. The minimum absolute atomic E-state index is 0.0565. The number of amides is 2. The Morgan fingerprint density at radius 3 is 2.82 bits per heavy atom. The lowest BCUT2D eigenvalue weighted by Crippen LogP contribution is -2.44. The van der Waals surface area contributed by atoms with E-state index in [0.717, 1.165) is 32.3 Å². The molecule has 2 aliphatic rings. The van der Waals surface area contributed by atoms with Crippen LogP contribution in [0.5, 0.6) is 0 Å².